The number of ether oxygens (including phenoxy) is 1. The van der Waals surface area contributed by atoms with E-state index in [1.807, 2.05) is 37.3 Å². The summed E-state index contributed by atoms with van der Waals surface area (Å²) in [7, 11) is 0. The van der Waals surface area contributed by atoms with E-state index in [-0.39, 0.29) is 19.1 Å². The fourth-order valence-corrected chi connectivity index (χ4v) is 2.93. The molecular weight excluding hydrogens is 330 g/mol. The number of nitrogens with one attached hydrogen (secondary N) is 1. The average Bonchev–Trinajstić information content (AvgIpc) is 2.86. The summed E-state index contributed by atoms with van der Waals surface area (Å²) in [6.45, 7) is 4.00. The lowest BCUT2D eigenvalue weighted by Crippen LogP contribution is -2.41. The number of rotatable bonds is 5. The molecule has 6 nitrogen and oxygen atoms in total. The Morgan fingerprint density at radius 2 is 1.92 bits per heavy atom. The predicted octanol–water partition coefficient (Wildman–Crippen LogP) is 2.71. The van der Waals surface area contributed by atoms with Crippen molar-refractivity contribution >= 4 is 11.9 Å². The van der Waals surface area contributed by atoms with E-state index >= 15 is 0 Å². The number of carbonyl (C=O) groups is 2. The zero-order chi connectivity index (χ0) is 18.7. The van der Waals surface area contributed by atoms with Gasteiger partial charge in [-0.25, -0.2) is 4.79 Å². The van der Waals surface area contributed by atoms with Crippen LogP contribution >= 0.6 is 0 Å². The Labute approximate surface area is 152 Å². The van der Waals surface area contributed by atoms with Crippen molar-refractivity contribution < 1.29 is 14.3 Å². The molecule has 1 aliphatic heterocycles. The smallest absolute Gasteiger partial charge is 0.325 e. The van der Waals surface area contributed by atoms with Crippen molar-refractivity contribution in [1.29, 1.82) is 5.26 Å². The molecule has 6 heteroatoms. The Morgan fingerprint density at radius 1 is 1.19 bits per heavy atom. The van der Waals surface area contributed by atoms with E-state index in [1.54, 1.807) is 31.2 Å². The molecule has 3 rings (SSSR count). The van der Waals surface area contributed by atoms with Gasteiger partial charge in [0.2, 0.25) is 0 Å². The molecule has 0 aromatic heterocycles. The Bertz CT molecular complexity index is 886. The van der Waals surface area contributed by atoms with Gasteiger partial charge in [-0.05, 0) is 49.2 Å². The molecule has 0 bridgehead atoms. The standard InChI is InChI=1S/C20H19N3O3/c1-14-4-3-5-17(12-14)26-11-10-23-18(24)20(2,22-19(23)25)16-8-6-15(13-21)7-9-16/h3-9,12H,10-11H2,1-2H3,(H,22,25)/t20-/m1/s1. The number of nitrogens with zero attached hydrogens (tertiary/aromatic N) is 2. The summed E-state index contributed by atoms with van der Waals surface area (Å²) in [5.74, 6) is 0.368. The molecule has 0 unspecified atom stereocenters. The van der Waals surface area contributed by atoms with Crippen LogP contribution in [-0.4, -0.2) is 30.0 Å². The molecule has 3 amide bonds. The van der Waals surface area contributed by atoms with Crippen molar-refractivity contribution in [1.82, 2.24) is 10.2 Å². The maximum absolute atomic E-state index is 12.8. The summed E-state index contributed by atoms with van der Waals surface area (Å²) >= 11 is 0. The first-order valence-corrected chi connectivity index (χ1v) is 8.28. The van der Waals surface area contributed by atoms with Gasteiger partial charge >= 0.3 is 6.03 Å². The highest BCUT2D eigenvalue weighted by Gasteiger charge is 2.48. The van der Waals surface area contributed by atoms with Crippen LogP contribution in [0.5, 0.6) is 5.75 Å². The summed E-state index contributed by atoms with van der Waals surface area (Å²) < 4.78 is 5.64. The Balaban J connectivity index is 1.69. The first kappa shape index (κ1) is 17.5. The molecule has 132 valence electrons. The van der Waals surface area contributed by atoms with E-state index in [2.05, 4.69) is 5.32 Å². The monoisotopic (exact) mass is 349 g/mol. The van der Waals surface area contributed by atoms with Gasteiger partial charge in [-0.2, -0.15) is 5.26 Å². The van der Waals surface area contributed by atoms with Crippen LogP contribution in [0.2, 0.25) is 0 Å². The largest absolute Gasteiger partial charge is 0.492 e. The van der Waals surface area contributed by atoms with E-state index in [0.29, 0.717) is 16.9 Å². The van der Waals surface area contributed by atoms with Gasteiger partial charge in [0.1, 0.15) is 17.9 Å². The number of hydrogen-bond acceptors (Lipinski definition) is 4. The lowest BCUT2D eigenvalue weighted by molar-refractivity contribution is -0.131. The zero-order valence-electron chi connectivity index (χ0n) is 14.7. The third kappa shape index (κ3) is 3.24. The number of imide groups is 1. The van der Waals surface area contributed by atoms with E-state index in [4.69, 9.17) is 10.00 Å². The van der Waals surface area contributed by atoms with Crippen molar-refractivity contribution in [3.63, 3.8) is 0 Å². The van der Waals surface area contributed by atoms with Crippen molar-refractivity contribution in [3.8, 4) is 11.8 Å². The summed E-state index contributed by atoms with van der Waals surface area (Å²) in [4.78, 5) is 26.3. The molecule has 0 radical (unpaired) electrons. The third-order valence-electron chi connectivity index (χ3n) is 4.44. The molecule has 2 aromatic rings. The normalized spacial score (nSPS) is 19.2. The molecule has 1 saturated heterocycles. The third-order valence-corrected chi connectivity index (χ3v) is 4.44. The molecule has 1 aliphatic rings. The summed E-state index contributed by atoms with van der Waals surface area (Å²) in [6, 6.07) is 15.8. The second kappa shape index (κ2) is 6.89. The van der Waals surface area contributed by atoms with Crippen LogP contribution in [0.1, 0.15) is 23.6 Å². The van der Waals surface area contributed by atoms with Crippen LogP contribution in [0.15, 0.2) is 48.5 Å². The molecular formula is C20H19N3O3. The van der Waals surface area contributed by atoms with Crippen molar-refractivity contribution in [2.24, 2.45) is 0 Å². The highest BCUT2D eigenvalue weighted by molar-refractivity contribution is 6.07. The van der Waals surface area contributed by atoms with Gasteiger partial charge in [-0.1, -0.05) is 24.3 Å². The number of aryl methyl sites for hydroxylation is 1. The van der Waals surface area contributed by atoms with Crippen molar-refractivity contribution in [2.75, 3.05) is 13.2 Å². The summed E-state index contributed by atoms with van der Waals surface area (Å²) in [5, 5.41) is 11.6. The molecule has 0 aliphatic carbocycles. The molecule has 0 saturated carbocycles. The topological polar surface area (TPSA) is 82.4 Å². The minimum atomic E-state index is -1.14. The average molecular weight is 349 g/mol. The molecule has 1 fully saturated rings. The lowest BCUT2D eigenvalue weighted by Gasteiger charge is -2.22. The highest BCUT2D eigenvalue weighted by Crippen LogP contribution is 2.29. The van der Waals surface area contributed by atoms with E-state index in [0.717, 1.165) is 10.5 Å². The lowest BCUT2D eigenvalue weighted by atomic mass is 9.91. The molecule has 1 heterocycles. The Kier molecular flexibility index (Phi) is 4.63. The SMILES string of the molecule is Cc1cccc(OCCN2C(=O)N[C@](C)(c3ccc(C#N)cc3)C2=O)c1. The number of nitriles is 1. The van der Waals surface area contributed by atoms with Crippen LogP contribution in [0.4, 0.5) is 4.79 Å². The van der Waals surface area contributed by atoms with Crippen LogP contribution in [0.3, 0.4) is 0 Å². The van der Waals surface area contributed by atoms with Gasteiger partial charge in [-0.15, -0.1) is 0 Å². The predicted molar refractivity (Wildman–Crippen MR) is 95.4 cm³/mol. The Hall–Kier alpha value is -3.33. The number of benzene rings is 2. The number of carbonyl (C=O) groups excluding carboxylic acids is 2. The summed E-state index contributed by atoms with van der Waals surface area (Å²) in [6.07, 6.45) is 0. The van der Waals surface area contributed by atoms with Gasteiger partial charge in [0.05, 0.1) is 18.2 Å². The zero-order valence-corrected chi connectivity index (χ0v) is 14.7. The second-order valence-corrected chi connectivity index (χ2v) is 6.37. The second-order valence-electron chi connectivity index (χ2n) is 6.37. The van der Waals surface area contributed by atoms with E-state index in [9.17, 15) is 9.59 Å². The first-order chi connectivity index (χ1) is 12.4. The van der Waals surface area contributed by atoms with Gasteiger partial charge in [-0.3, -0.25) is 9.69 Å². The van der Waals surface area contributed by atoms with Gasteiger partial charge in [0.15, 0.2) is 0 Å². The highest BCUT2D eigenvalue weighted by atomic mass is 16.5. The molecule has 2 aromatic carbocycles. The van der Waals surface area contributed by atoms with Crippen molar-refractivity contribution in [3.05, 3.63) is 65.2 Å². The van der Waals surface area contributed by atoms with Gasteiger partial charge in [0.25, 0.3) is 5.91 Å². The van der Waals surface area contributed by atoms with Gasteiger partial charge in [0, 0.05) is 0 Å². The molecule has 1 N–H and O–H groups in total. The Morgan fingerprint density at radius 3 is 2.58 bits per heavy atom. The molecule has 0 spiro atoms. The van der Waals surface area contributed by atoms with E-state index < -0.39 is 11.6 Å². The quantitative estimate of drug-likeness (QED) is 0.842. The summed E-state index contributed by atoms with van der Waals surface area (Å²) in [5.41, 5.74) is 1.06. The van der Waals surface area contributed by atoms with Crippen molar-refractivity contribution in [2.45, 2.75) is 19.4 Å². The maximum Gasteiger partial charge on any atom is 0.325 e. The van der Waals surface area contributed by atoms with E-state index in [1.165, 1.54) is 0 Å². The number of hydrogen-bond donors (Lipinski definition) is 1. The van der Waals surface area contributed by atoms with Crippen LogP contribution in [0, 0.1) is 18.3 Å². The first-order valence-electron chi connectivity index (χ1n) is 8.28. The van der Waals surface area contributed by atoms with Crippen LogP contribution in [-0.2, 0) is 10.3 Å². The molecule has 1 atom stereocenters. The minimum absolute atomic E-state index is 0.157. The van der Waals surface area contributed by atoms with Gasteiger partial charge < -0.3 is 10.1 Å². The fraction of sp³-hybridized carbons (Fsp3) is 0.250. The minimum Gasteiger partial charge on any atom is -0.492 e. The fourth-order valence-electron chi connectivity index (χ4n) is 2.93. The van der Waals surface area contributed by atoms with Crippen LogP contribution in [0.25, 0.3) is 0 Å². The molecule has 26 heavy (non-hydrogen) atoms. The number of amides is 3. The number of urea groups is 1. The maximum atomic E-state index is 12.8. The van der Waals surface area contributed by atoms with Crippen LogP contribution < -0.4 is 10.1 Å².